The number of thioether (sulfide) groups is 1. The second-order valence-electron chi connectivity index (χ2n) is 4.60. The summed E-state index contributed by atoms with van der Waals surface area (Å²) in [6.45, 7) is 4.67. The Morgan fingerprint density at radius 3 is 2.75 bits per heavy atom. The van der Waals surface area contributed by atoms with Crippen molar-refractivity contribution in [2.45, 2.75) is 17.9 Å². The zero-order valence-corrected chi connectivity index (χ0v) is 13.4. The molecule has 20 heavy (non-hydrogen) atoms. The van der Waals surface area contributed by atoms with Gasteiger partial charge in [-0.05, 0) is 31.2 Å². The lowest BCUT2D eigenvalue weighted by atomic mass is 10.2. The van der Waals surface area contributed by atoms with Crippen LogP contribution in [0.1, 0.15) is 6.92 Å². The molecule has 0 aliphatic carbocycles. The third-order valence-electron chi connectivity index (χ3n) is 3.24. The van der Waals surface area contributed by atoms with E-state index in [1.54, 1.807) is 18.9 Å². The minimum Gasteiger partial charge on any atom is -0.497 e. The Hall–Kier alpha value is -0.910. The summed E-state index contributed by atoms with van der Waals surface area (Å²) in [6, 6.07) is 8.09. The predicted octanol–water partition coefficient (Wildman–Crippen LogP) is 2.03. The lowest BCUT2D eigenvalue weighted by Crippen LogP contribution is -2.52. The molecule has 1 heterocycles. The molecule has 1 fully saturated rings. The first-order valence-corrected chi connectivity index (χ1v) is 7.46. The maximum Gasteiger partial charge on any atom is 0.233 e. The van der Waals surface area contributed by atoms with Crippen LogP contribution in [-0.4, -0.2) is 49.3 Å². The van der Waals surface area contributed by atoms with Gasteiger partial charge in [0.25, 0.3) is 0 Å². The fraction of sp³-hybridized carbons (Fsp3) is 0.500. The van der Waals surface area contributed by atoms with Crippen molar-refractivity contribution >= 4 is 30.1 Å². The van der Waals surface area contributed by atoms with Gasteiger partial charge < -0.3 is 15.0 Å². The summed E-state index contributed by atoms with van der Waals surface area (Å²) in [5.74, 6) is 1.55. The average Bonchev–Trinajstić information content (AvgIpc) is 2.46. The lowest BCUT2D eigenvalue weighted by molar-refractivity contribution is -0.131. The van der Waals surface area contributed by atoms with E-state index in [1.165, 1.54) is 0 Å². The van der Waals surface area contributed by atoms with E-state index in [1.807, 2.05) is 29.2 Å². The normalized spacial score (nSPS) is 18.3. The van der Waals surface area contributed by atoms with Gasteiger partial charge in [0, 0.05) is 30.6 Å². The van der Waals surface area contributed by atoms with Gasteiger partial charge in [-0.1, -0.05) is 0 Å². The Balaban J connectivity index is 0.00000200. The van der Waals surface area contributed by atoms with Gasteiger partial charge in [0.15, 0.2) is 0 Å². The number of nitrogens with zero attached hydrogens (tertiary/aromatic N) is 1. The van der Waals surface area contributed by atoms with Crippen LogP contribution >= 0.6 is 24.2 Å². The van der Waals surface area contributed by atoms with Crippen LogP contribution in [-0.2, 0) is 4.79 Å². The molecule has 1 aromatic rings. The van der Waals surface area contributed by atoms with Gasteiger partial charge >= 0.3 is 0 Å². The molecule has 1 aliphatic heterocycles. The summed E-state index contributed by atoms with van der Waals surface area (Å²) >= 11 is 1.58. The maximum absolute atomic E-state index is 12.2. The highest BCUT2D eigenvalue weighted by atomic mass is 35.5. The first kappa shape index (κ1) is 17.1. The van der Waals surface area contributed by atoms with Crippen molar-refractivity contribution in [1.29, 1.82) is 0 Å². The van der Waals surface area contributed by atoms with E-state index < -0.39 is 0 Å². The number of ether oxygens (including phenoxy) is 1. The molecule has 1 saturated heterocycles. The molecule has 0 radical (unpaired) electrons. The number of amides is 1. The molecule has 1 atom stereocenters. The molecule has 0 saturated carbocycles. The number of hydrogen-bond acceptors (Lipinski definition) is 4. The number of methoxy groups -OCH3 is 1. The van der Waals surface area contributed by atoms with Gasteiger partial charge in [-0.15, -0.1) is 24.2 Å². The summed E-state index contributed by atoms with van der Waals surface area (Å²) < 4.78 is 5.11. The van der Waals surface area contributed by atoms with Crippen molar-refractivity contribution in [2.75, 3.05) is 32.5 Å². The quantitative estimate of drug-likeness (QED) is 0.863. The highest BCUT2D eigenvalue weighted by Crippen LogP contribution is 2.22. The van der Waals surface area contributed by atoms with Crippen molar-refractivity contribution < 1.29 is 9.53 Å². The van der Waals surface area contributed by atoms with Crippen LogP contribution in [0.4, 0.5) is 0 Å². The number of rotatable bonds is 4. The zero-order valence-electron chi connectivity index (χ0n) is 11.8. The summed E-state index contributed by atoms with van der Waals surface area (Å²) in [5.41, 5.74) is 0. The van der Waals surface area contributed by atoms with E-state index >= 15 is 0 Å². The molecule has 6 heteroatoms. The second kappa shape index (κ2) is 8.39. The lowest BCUT2D eigenvalue weighted by Gasteiger charge is -2.33. The summed E-state index contributed by atoms with van der Waals surface area (Å²) in [7, 11) is 1.65. The van der Waals surface area contributed by atoms with Crippen LogP contribution in [0.15, 0.2) is 29.2 Å². The first-order valence-electron chi connectivity index (χ1n) is 6.47. The number of benzene rings is 1. The van der Waals surface area contributed by atoms with Crippen molar-refractivity contribution in [1.82, 2.24) is 10.2 Å². The largest absolute Gasteiger partial charge is 0.497 e. The van der Waals surface area contributed by atoms with Crippen LogP contribution in [0, 0.1) is 0 Å². The van der Waals surface area contributed by atoms with Crippen LogP contribution < -0.4 is 10.1 Å². The number of nitrogens with one attached hydrogen (secondary N) is 1. The molecule has 1 aromatic carbocycles. The minimum atomic E-state index is 0. The van der Waals surface area contributed by atoms with Gasteiger partial charge in [0.2, 0.25) is 5.91 Å². The predicted molar refractivity (Wildman–Crippen MR) is 85.0 cm³/mol. The van der Waals surface area contributed by atoms with Crippen LogP contribution in [0.2, 0.25) is 0 Å². The highest BCUT2D eigenvalue weighted by Gasteiger charge is 2.22. The van der Waals surface area contributed by atoms with E-state index in [9.17, 15) is 4.79 Å². The van der Waals surface area contributed by atoms with Crippen LogP contribution in [0.5, 0.6) is 5.75 Å². The third kappa shape index (κ3) is 4.58. The summed E-state index contributed by atoms with van der Waals surface area (Å²) in [6.07, 6.45) is 0. The van der Waals surface area contributed by atoms with E-state index in [-0.39, 0.29) is 24.4 Å². The van der Waals surface area contributed by atoms with E-state index in [2.05, 4.69) is 12.2 Å². The van der Waals surface area contributed by atoms with Gasteiger partial charge in [-0.3, -0.25) is 4.79 Å². The van der Waals surface area contributed by atoms with Crippen molar-refractivity contribution in [2.24, 2.45) is 0 Å². The standard InChI is InChI=1S/C14H20N2O2S.ClH/c1-11-9-15-7-8-16(11)14(17)10-19-13-5-3-12(18-2)4-6-13;/h3-6,11,15H,7-10H2,1-2H3;1H. The van der Waals surface area contributed by atoms with Crippen molar-refractivity contribution in [3.8, 4) is 5.75 Å². The molecule has 2 rings (SSSR count). The van der Waals surface area contributed by atoms with Crippen molar-refractivity contribution in [3.05, 3.63) is 24.3 Å². The molecule has 1 unspecified atom stereocenters. The van der Waals surface area contributed by atoms with Gasteiger partial charge in [-0.2, -0.15) is 0 Å². The maximum atomic E-state index is 12.2. The molecule has 1 amide bonds. The smallest absolute Gasteiger partial charge is 0.233 e. The number of piperazine rings is 1. The van der Waals surface area contributed by atoms with E-state index in [0.29, 0.717) is 5.75 Å². The van der Waals surface area contributed by atoms with Crippen LogP contribution in [0.25, 0.3) is 0 Å². The van der Waals surface area contributed by atoms with Crippen LogP contribution in [0.3, 0.4) is 0 Å². The minimum absolute atomic E-state index is 0. The Morgan fingerprint density at radius 2 is 2.15 bits per heavy atom. The number of halogens is 1. The molecule has 0 aromatic heterocycles. The Labute approximate surface area is 130 Å². The Kier molecular flexibility index (Phi) is 7.19. The Bertz CT molecular complexity index is 428. The summed E-state index contributed by atoms with van der Waals surface area (Å²) in [4.78, 5) is 15.2. The summed E-state index contributed by atoms with van der Waals surface area (Å²) in [5, 5.41) is 3.29. The molecule has 1 N–H and O–H groups in total. The highest BCUT2D eigenvalue weighted by molar-refractivity contribution is 8.00. The van der Waals surface area contributed by atoms with Gasteiger partial charge in [-0.25, -0.2) is 0 Å². The number of carbonyl (C=O) groups is 1. The fourth-order valence-electron chi connectivity index (χ4n) is 2.11. The second-order valence-corrected chi connectivity index (χ2v) is 5.65. The monoisotopic (exact) mass is 316 g/mol. The number of hydrogen-bond donors (Lipinski definition) is 1. The average molecular weight is 317 g/mol. The molecule has 1 aliphatic rings. The molecular formula is C14H21ClN2O2S. The molecule has 112 valence electrons. The van der Waals surface area contributed by atoms with E-state index in [0.717, 1.165) is 30.3 Å². The number of carbonyl (C=O) groups excluding carboxylic acids is 1. The molecule has 4 nitrogen and oxygen atoms in total. The van der Waals surface area contributed by atoms with Gasteiger partial charge in [0.1, 0.15) is 5.75 Å². The molecule has 0 spiro atoms. The molecule has 0 bridgehead atoms. The Morgan fingerprint density at radius 1 is 1.45 bits per heavy atom. The van der Waals surface area contributed by atoms with Crippen molar-refractivity contribution in [3.63, 3.8) is 0 Å². The fourth-order valence-corrected chi connectivity index (χ4v) is 2.90. The van der Waals surface area contributed by atoms with Gasteiger partial charge in [0.05, 0.1) is 12.9 Å². The SMILES string of the molecule is COc1ccc(SCC(=O)N2CCNCC2C)cc1.Cl. The third-order valence-corrected chi connectivity index (χ3v) is 4.24. The molecular weight excluding hydrogens is 296 g/mol. The topological polar surface area (TPSA) is 41.6 Å². The van der Waals surface area contributed by atoms with E-state index in [4.69, 9.17) is 4.74 Å². The zero-order chi connectivity index (χ0) is 13.7. The first-order chi connectivity index (χ1) is 9.20.